The van der Waals surface area contributed by atoms with Gasteiger partial charge >= 0.3 is 0 Å². The van der Waals surface area contributed by atoms with E-state index in [4.69, 9.17) is 0 Å². The molecular formula is C15H10Br2N2. The monoisotopic (exact) mass is 376 g/mol. The van der Waals surface area contributed by atoms with E-state index in [0.29, 0.717) is 0 Å². The summed E-state index contributed by atoms with van der Waals surface area (Å²) in [6, 6.07) is 16.2. The molecule has 3 aromatic rings. The minimum Gasteiger partial charge on any atom is -0.355 e. The van der Waals surface area contributed by atoms with E-state index in [1.165, 1.54) is 0 Å². The number of benzene rings is 2. The summed E-state index contributed by atoms with van der Waals surface area (Å²) in [7, 11) is 0. The van der Waals surface area contributed by atoms with Gasteiger partial charge < -0.3 is 5.32 Å². The van der Waals surface area contributed by atoms with E-state index < -0.39 is 0 Å². The molecule has 0 atom stereocenters. The molecule has 0 saturated carbocycles. The van der Waals surface area contributed by atoms with Crippen LogP contribution in [0.2, 0.25) is 0 Å². The molecule has 4 heteroatoms. The van der Waals surface area contributed by atoms with Gasteiger partial charge in [0.05, 0.1) is 5.52 Å². The Balaban J connectivity index is 2.07. The molecule has 0 bridgehead atoms. The summed E-state index contributed by atoms with van der Waals surface area (Å²) in [5.74, 6) is 0. The lowest BCUT2D eigenvalue weighted by atomic mass is 10.2. The summed E-state index contributed by atoms with van der Waals surface area (Å²) in [6.07, 6.45) is 1.82. The third kappa shape index (κ3) is 2.80. The molecule has 0 fully saturated rings. The molecule has 0 aliphatic carbocycles. The summed E-state index contributed by atoms with van der Waals surface area (Å²) in [4.78, 5) is 4.37. The van der Waals surface area contributed by atoms with Gasteiger partial charge in [0.1, 0.15) is 0 Å². The van der Waals surface area contributed by atoms with E-state index >= 15 is 0 Å². The van der Waals surface area contributed by atoms with Gasteiger partial charge in [0.2, 0.25) is 0 Å². The van der Waals surface area contributed by atoms with Crippen molar-refractivity contribution in [3.63, 3.8) is 0 Å². The number of halogens is 2. The Hall–Kier alpha value is -1.39. The standard InChI is InChI=1S/C15H10Br2N2/c16-10-2-1-3-12(8-10)19-15-6-7-18-14-5-4-11(17)9-13(14)15/h1-9H,(H,18,19). The van der Waals surface area contributed by atoms with Crippen molar-refractivity contribution in [3.05, 3.63) is 63.7 Å². The Kier molecular flexibility index (Phi) is 3.53. The van der Waals surface area contributed by atoms with Crippen molar-refractivity contribution in [2.45, 2.75) is 0 Å². The van der Waals surface area contributed by atoms with Crippen LogP contribution in [0.4, 0.5) is 11.4 Å². The zero-order valence-corrected chi connectivity index (χ0v) is 13.1. The maximum absolute atomic E-state index is 4.37. The van der Waals surface area contributed by atoms with Gasteiger partial charge in [0, 0.05) is 31.9 Å². The van der Waals surface area contributed by atoms with E-state index in [1.54, 1.807) is 0 Å². The highest BCUT2D eigenvalue weighted by Crippen LogP contribution is 2.28. The number of hydrogen-bond acceptors (Lipinski definition) is 2. The number of nitrogens with one attached hydrogen (secondary N) is 1. The molecule has 94 valence electrons. The van der Waals surface area contributed by atoms with Crippen molar-refractivity contribution in [2.24, 2.45) is 0 Å². The van der Waals surface area contributed by atoms with E-state index in [0.717, 1.165) is 31.2 Å². The van der Waals surface area contributed by atoms with Gasteiger partial charge in [-0.25, -0.2) is 0 Å². The first-order valence-corrected chi connectivity index (χ1v) is 7.38. The van der Waals surface area contributed by atoms with E-state index in [2.05, 4.69) is 48.2 Å². The molecule has 0 aliphatic rings. The van der Waals surface area contributed by atoms with Gasteiger partial charge in [-0.15, -0.1) is 0 Å². The van der Waals surface area contributed by atoms with Gasteiger partial charge in [-0.1, -0.05) is 37.9 Å². The van der Waals surface area contributed by atoms with Gasteiger partial charge in [0.15, 0.2) is 0 Å². The minimum absolute atomic E-state index is 0.975. The Labute approximate surface area is 128 Å². The molecule has 3 rings (SSSR count). The highest BCUT2D eigenvalue weighted by molar-refractivity contribution is 9.10. The fourth-order valence-electron chi connectivity index (χ4n) is 1.95. The number of aromatic nitrogens is 1. The van der Waals surface area contributed by atoms with Gasteiger partial charge in [-0.05, 0) is 42.5 Å². The largest absolute Gasteiger partial charge is 0.355 e. The summed E-state index contributed by atoms with van der Waals surface area (Å²) < 4.78 is 2.10. The summed E-state index contributed by atoms with van der Waals surface area (Å²) in [5, 5.41) is 4.52. The lowest BCUT2D eigenvalue weighted by Gasteiger charge is -2.10. The molecule has 0 spiro atoms. The average molecular weight is 378 g/mol. The van der Waals surface area contributed by atoms with E-state index in [-0.39, 0.29) is 0 Å². The Morgan fingerprint density at radius 1 is 0.895 bits per heavy atom. The highest BCUT2D eigenvalue weighted by atomic mass is 79.9. The Morgan fingerprint density at radius 2 is 1.74 bits per heavy atom. The predicted molar refractivity (Wildman–Crippen MR) is 86.9 cm³/mol. The smallest absolute Gasteiger partial charge is 0.0723 e. The van der Waals surface area contributed by atoms with Crippen LogP contribution in [-0.4, -0.2) is 4.98 Å². The SMILES string of the molecule is Brc1cccc(Nc2ccnc3ccc(Br)cc23)c1. The number of pyridine rings is 1. The summed E-state index contributed by atoms with van der Waals surface area (Å²) in [6.45, 7) is 0. The van der Waals surface area contributed by atoms with Crippen LogP contribution in [0.15, 0.2) is 63.7 Å². The van der Waals surface area contributed by atoms with Crippen LogP contribution in [0.1, 0.15) is 0 Å². The summed E-state index contributed by atoms with van der Waals surface area (Å²) >= 11 is 6.98. The maximum Gasteiger partial charge on any atom is 0.0723 e. The molecule has 0 amide bonds. The highest BCUT2D eigenvalue weighted by Gasteiger charge is 2.03. The van der Waals surface area contributed by atoms with Crippen molar-refractivity contribution >= 4 is 54.1 Å². The molecule has 1 aromatic heterocycles. The van der Waals surface area contributed by atoms with Crippen LogP contribution in [0.25, 0.3) is 10.9 Å². The molecular weight excluding hydrogens is 368 g/mol. The first kappa shape index (κ1) is 12.6. The molecule has 0 unspecified atom stereocenters. The quantitative estimate of drug-likeness (QED) is 0.637. The van der Waals surface area contributed by atoms with Crippen LogP contribution in [0.3, 0.4) is 0 Å². The topological polar surface area (TPSA) is 24.9 Å². The van der Waals surface area contributed by atoms with Crippen LogP contribution < -0.4 is 5.32 Å². The van der Waals surface area contributed by atoms with E-state index in [9.17, 15) is 0 Å². The number of rotatable bonds is 2. The van der Waals surface area contributed by atoms with Gasteiger partial charge in [-0.3, -0.25) is 4.98 Å². The second kappa shape index (κ2) is 5.31. The molecule has 0 aliphatic heterocycles. The number of hydrogen-bond donors (Lipinski definition) is 1. The normalized spacial score (nSPS) is 10.6. The van der Waals surface area contributed by atoms with Crippen LogP contribution in [0, 0.1) is 0 Å². The maximum atomic E-state index is 4.37. The van der Waals surface area contributed by atoms with Crippen molar-refractivity contribution < 1.29 is 0 Å². The van der Waals surface area contributed by atoms with Gasteiger partial charge in [0.25, 0.3) is 0 Å². The fourth-order valence-corrected chi connectivity index (χ4v) is 2.71. The van der Waals surface area contributed by atoms with Crippen molar-refractivity contribution in [1.29, 1.82) is 0 Å². The van der Waals surface area contributed by atoms with Crippen molar-refractivity contribution in [3.8, 4) is 0 Å². The first-order chi connectivity index (χ1) is 9.22. The zero-order chi connectivity index (χ0) is 13.2. The number of anilines is 2. The third-order valence-electron chi connectivity index (χ3n) is 2.81. The van der Waals surface area contributed by atoms with E-state index in [1.807, 2.05) is 48.7 Å². The molecule has 2 aromatic carbocycles. The zero-order valence-electron chi connectivity index (χ0n) is 9.90. The third-order valence-corrected chi connectivity index (χ3v) is 3.79. The second-order valence-corrected chi connectivity index (χ2v) is 5.99. The lowest BCUT2D eigenvalue weighted by Crippen LogP contribution is -1.92. The Morgan fingerprint density at radius 3 is 2.58 bits per heavy atom. The molecule has 0 radical (unpaired) electrons. The number of nitrogens with zero attached hydrogens (tertiary/aromatic N) is 1. The summed E-state index contributed by atoms with van der Waals surface area (Å²) in [5.41, 5.74) is 3.06. The van der Waals surface area contributed by atoms with Crippen LogP contribution in [-0.2, 0) is 0 Å². The fraction of sp³-hybridized carbons (Fsp3) is 0. The molecule has 1 heterocycles. The van der Waals surface area contributed by atoms with Gasteiger partial charge in [-0.2, -0.15) is 0 Å². The van der Waals surface area contributed by atoms with Crippen LogP contribution >= 0.6 is 31.9 Å². The minimum atomic E-state index is 0.975. The second-order valence-electron chi connectivity index (χ2n) is 4.16. The Bertz CT molecular complexity index is 741. The predicted octanol–water partition coefficient (Wildman–Crippen LogP) is 5.50. The van der Waals surface area contributed by atoms with Crippen molar-refractivity contribution in [1.82, 2.24) is 4.98 Å². The molecule has 1 N–H and O–H groups in total. The van der Waals surface area contributed by atoms with Crippen molar-refractivity contribution in [2.75, 3.05) is 5.32 Å². The number of fused-ring (bicyclic) bond motifs is 1. The molecule has 2 nitrogen and oxygen atoms in total. The first-order valence-electron chi connectivity index (χ1n) is 5.79. The molecule has 19 heavy (non-hydrogen) atoms. The molecule has 0 saturated heterocycles. The van der Waals surface area contributed by atoms with Crippen LogP contribution in [0.5, 0.6) is 0 Å². The average Bonchev–Trinajstić information content (AvgIpc) is 2.39. The lowest BCUT2D eigenvalue weighted by molar-refractivity contribution is 1.40.